The number of nitrogens with zero attached hydrogens (tertiary/aromatic N) is 3. The van der Waals surface area contributed by atoms with E-state index in [-0.39, 0.29) is 18.4 Å². The van der Waals surface area contributed by atoms with Gasteiger partial charge in [-0.25, -0.2) is 0 Å². The summed E-state index contributed by atoms with van der Waals surface area (Å²) in [6.45, 7) is 4.14. The summed E-state index contributed by atoms with van der Waals surface area (Å²) in [7, 11) is 0. The Morgan fingerprint density at radius 1 is 1.31 bits per heavy atom. The summed E-state index contributed by atoms with van der Waals surface area (Å²) in [5.41, 5.74) is 2.68. The van der Waals surface area contributed by atoms with Crippen LogP contribution in [0.2, 0.25) is 5.02 Å². The first kappa shape index (κ1) is 18.8. The maximum Gasteiger partial charge on any atom is 0.145 e. The molecule has 5 nitrogen and oxygen atoms in total. The van der Waals surface area contributed by atoms with Crippen molar-refractivity contribution >= 4 is 17.8 Å². The van der Waals surface area contributed by atoms with Crippen LogP contribution in [0.3, 0.4) is 0 Å². The molecule has 1 saturated heterocycles. The van der Waals surface area contributed by atoms with Crippen molar-refractivity contribution in [1.82, 2.24) is 9.88 Å². The predicted molar refractivity (Wildman–Crippen MR) is 104 cm³/mol. The smallest absolute Gasteiger partial charge is 0.145 e. The van der Waals surface area contributed by atoms with E-state index in [1.54, 1.807) is 19.3 Å². The summed E-state index contributed by atoms with van der Waals surface area (Å²) in [6.07, 6.45) is 5.57. The topological polar surface area (TPSA) is 69.0 Å². The largest absolute Gasteiger partial charge is 0.505 e. The molecular weight excluding hydrogens is 350 g/mol. The number of pyridine rings is 1. The number of halogens is 1. The Balaban J connectivity index is 1.86. The molecule has 0 unspecified atom stereocenters. The molecule has 2 N–H and O–H groups in total. The van der Waals surface area contributed by atoms with Crippen LogP contribution >= 0.6 is 11.6 Å². The van der Waals surface area contributed by atoms with Crippen LogP contribution < -0.4 is 0 Å². The van der Waals surface area contributed by atoms with Gasteiger partial charge >= 0.3 is 0 Å². The van der Waals surface area contributed by atoms with Crippen molar-refractivity contribution in [3.05, 3.63) is 57.9 Å². The zero-order chi connectivity index (χ0) is 18.5. The number of aliphatic hydroxyl groups excluding tert-OH is 1. The van der Waals surface area contributed by atoms with E-state index in [0.29, 0.717) is 23.4 Å². The molecule has 138 valence electrons. The SMILES string of the molecule is Cc1ncc(CO)c(C=NC[C@H](c2ccccc2Cl)N2CCCC2)c1O. The van der Waals surface area contributed by atoms with Gasteiger partial charge in [-0.1, -0.05) is 29.8 Å². The van der Waals surface area contributed by atoms with Crippen molar-refractivity contribution < 1.29 is 10.2 Å². The maximum atomic E-state index is 10.3. The predicted octanol–water partition coefficient (Wildman–Crippen LogP) is 3.50. The van der Waals surface area contributed by atoms with Gasteiger partial charge in [-0.05, 0) is 44.5 Å². The zero-order valence-electron chi connectivity index (χ0n) is 14.9. The first-order chi connectivity index (χ1) is 12.6. The highest BCUT2D eigenvalue weighted by Crippen LogP contribution is 2.30. The molecule has 1 aliphatic rings. The molecule has 0 radical (unpaired) electrons. The number of aromatic nitrogens is 1. The second kappa shape index (κ2) is 8.62. The Morgan fingerprint density at radius 3 is 2.73 bits per heavy atom. The minimum atomic E-state index is -0.192. The molecule has 1 aromatic heterocycles. The summed E-state index contributed by atoms with van der Waals surface area (Å²) < 4.78 is 0. The second-order valence-electron chi connectivity index (χ2n) is 6.56. The van der Waals surface area contributed by atoms with Crippen molar-refractivity contribution in [2.45, 2.75) is 32.4 Å². The molecule has 1 aliphatic heterocycles. The quantitative estimate of drug-likeness (QED) is 0.760. The van der Waals surface area contributed by atoms with E-state index >= 15 is 0 Å². The van der Waals surface area contributed by atoms with Crippen LogP contribution in [-0.4, -0.2) is 45.9 Å². The Bertz CT molecular complexity index is 789. The molecule has 0 amide bonds. The van der Waals surface area contributed by atoms with E-state index in [1.807, 2.05) is 24.3 Å². The number of aromatic hydroxyl groups is 1. The Hall–Kier alpha value is -1.95. The summed E-state index contributed by atoms with van der Waals surface area (Å²) in [5, 5.41) is 20.5. The van der Waals surface area contributed by atoms with Crippen LogP contribution in [0.1, 0.15) is 41.3 Å². The number of likely N-dealkylation sites (tertiary alicyclic amines) is 1. The standard InChI is InChI=1S/C20H24ClN3O2/c1-14-20(26)17(15(13-25)10-23-14)11-22-12-19(24-8-4-5-9-24)16-6-2-3-7-18(16)21/h2-3,6-7,10-11,19,25-26H,4-5,8-9,12-13H2,1H3/t19-/m1/s1. The van der Waals surface area contributed by atoms with E-state index < -0.39 is 0 Å². The van der Waals surface area contributed by atoms with Gasteiger partial charge in [-0.2, -0.15) is 0 Å². The molecule has 0 aliphatic carbocycles. The lowest BCUT2D eigenvalue weighted by Crippen LogP contribution is -2.28. The fourth-order valence-electron chi connectivity index (χ4n) is 3.38. The van der Waals surface area contributed by atoms with E-state index in [4.69, 9.17) is 11.6 Å². The van der Waals surface area contributed by atoms with Gasteiger partial charge in [0.15, 0.2) is 0 Å². The van der Waals surface area contributed by atoms with E-state index in [0.717, 1.165) is 23.7 Å². The van der Waals surface area contributed by atoms with E-state index in [1.165, 1.54) is 12.8 Å². The molecule has 2 heterocycles. The molecule has 6 heteroatoms. The monoisotopic (exact) mass is 373 g/mol. The highest BCUT2D eigenvalue weighted by molar-refractivity contribution is 6.31. The fraction of sp³-hybridized carbons (Fsp3) is 0.400. The third-order valence-corrected chi connectivity index (χ3v) is 5.22. The second-order valence-corrected chi connectivity index (χ2v) is 6.97. The minimum absolute atomic E-state index is 0.0655. The number of hydrogen-bond donors (Lipinski definition) is 2. The summed E-state index contributed by atoms with van der Waals surface area (Å²) in [4.78, 5) is 11.1. The summed E-state index contributed by atoms with van der Waals surface area (Å²) in [5.74, 6) is 0.0655. The number of hydrogen-bond acceptors (Lipinski definition) is 5. The van der Waals surface area contributed by atoms with Crippen molar-refractivity contribution in [2.24, 2.45) is 4.99 Å². The van der Waals surface area contributed by atoms with Gasteiger partial charge in [-0.3, -0.25) is 14.9 Å². The molecule has 1 atom stereocenters. The number of benzene rings is 1. The summed E-state index contributed by atoms with van der Waals surface area (Å²) >= 11 is 6.43. The van der Waals surface area contributed by atoms with Gasteiger partial charge in [-0.15, -0.1) is 0 Å². The van der Waals surface area contributed by atoms with Crippen molar-refractivity contribution in [1.29, 1.82) is 0 Å². The van der Waals surface area contributed by atoms with E-state index in [9.17, 15) is 10.2 Å². The van der Waals surface area contributed by atoms with Gasteiger partial charge in [0.1, 0.15) is 5.75 Å². The summed E-state index contributed by atoms with van der Waals surface area (Å²) in [6, 6.07) is 7.99. The van der Waals surface area contributed by atoms with Crippen LogP contribution in [0, 0.1) is 6.92 Å². The first-order valence-electron chi connectivity index (χ1n) is 8.88. The normalized spacial score (nSPS) is 16.4. The molecule has 0 saturated carbocycles. The fourth-order valence-corrected chi connectivity index (χ4v) is 3.64. The molecule has 1 aromatic carbocycles. The number of aryl methyl sites for hydroxylation is 1. The maximum absolute atomic E-state index is 10.3. The average Bonchev–Trinajstić information content (AvgIpc) is 3.17. The molecular formula is C20H24ClN3O2. The number of aliphatic imine (C=N–C) groups is 1. The van der Waals surface area contributed by atoms with Gasteiger partial charge in [0.2, 0.25) is 0 Å². The van der Waals surface area contributed by atoms with Crippen LogP contribution in [0.4, 0.5) is 0 Å². The molecule has 3 rings (SSSR count). The zero-order valence-corrected chi connectivity index (χ0v) is 15.7. The van der Waals surface area contributed by atoms with Gasteiger partial charge in [0.05, 0.1) is 24.9 Å². The average molecular weight is 374 g/mol. The van der Waals surface area contributed by atoms with Crippen LogP contribution in [-0.2, 0) is 6.61 Å². The highest BCUT2D eigenvalue weighted by Gasteiger charge is 2.24. The minimum Gasteiger partial charge on any atom is -0.505 e. The number of rotatable bonds is 6. The Kier molecular flexibility index (Phi) is 6.25. The Labute approximate surface area is 159 Å². The van der Waals surface area contributed by atoms with Crippen molar-refractivity contribution in [2.75, 3.05) is 19.6 Å². The molecule has 2 aromatic rings. The molecule has 26 heavy (non-hydrogen) atoms. The third kappa shape index (κ3) is 4.06. The molecule has 0 bridgehead atoms. The third-order valence-electron chi connectivity index (χ3n) is 4.87. The lowest BCUT2D eigenvalue weighted by molar-refractivity contribution is 0.252. The molecule has 1 fully saturated rings. The lowest BCUT2D eigenvalue weighted by Gasteiger charge is -2.27. The van der Waals surface area contributed by atoms with Crippen LogP contribution in [0.15, 0.2) is 35.5 Å². The van der Waals surface area contributed by atoms with Crippen LogP contribution in [0.5, 0.6) is 5.75 Å². The lowest BCUT2D eigenvalue weighted by atomic mass is 10.1. The van der Waals surface area contributed by atoms with Crippen molar-refractivity contribution in [3.63, 3.8) is 0 Å². The number of aliphatic hydroxyl groups is 1. The first-order valence-corrected chi connectivity index (χ1v) is 9.26. The van der Waals surface area contributed by atoms with Crippen molar-refractivity contribution in [3.8, 4) is 5.75 Å². The van der Waals surface area contributed by atoms with E-state index in [2.05, 4.69) is 14.9 Å². The molecule has 0 spiro atoms. The van der Waals surface area contributed by atoms with Gasteiger partial charge < -0.3 is 10.2 Å². The highest BCUT2D eigenvalue weighted by atomic mass is 35.5. The Morgan fingerprint density at radius 2 is 2.04 bits per heavy atom. The van der Waals surface area contributed by atoms with Gasteiger partial charge in [0, 0.05) is 28.6 Å². The van der Waals surface area contributed by atoms with Crippen LogP contribution in [0.25, 0.3) is 0 Å². The van der Waals surface area contributed by atoms with Gasteiger partial charge in [0.25, 0.3) is 0 Å².